The number of nitrogens with zero attached hydrogens (tertiary/aromatic N) is 2. The Bertz CT molecular complexity index is 985. The second-order valence-corrected chi connectivity index (χ2v) is 6.75. The quantitative estimate of drug-likeness (QED) is 0.423. The molecule has 0 saturated carbocycles. The van der Waals surface area contributed by atoms with Crippen molar-refractivity contribution in [3.05, 3.63) is 97.3 Å². The number of imidazole rings is 1. The zero-order chi connectivity index (χ0) is 17.9. The smallest absolute Gasteiger partial charge is 0.227 e. The molecule has 1 heterocycles. The van der Waals surface area contributed by atoms with Gasteiger partial charge in [0.05, 0.1) is 6.04 Å². The van der Waals surface area contributed by atoms with Crippen LogP contribution in [-0.2, 0) is 0 Å². The SMILES string of the molecule is CC(C)[n+]1cn(-c2ccccc2)c(-c2ccccc2)c1-c1ccccc1. The molecule has 4 rings (SSSR count). The van der Waals surface area contributed by atoms with Gasteiger partial charge in [-0.2, -0.15) is 4.57 Å². The molecule has 0 aliphatic carbocycles. The van der Waals surface area contributed by atoms with Gasteiger partial charge in [0.25, 0.3) is 0 Å². The van der Waals surface area contributed by atoms with Gasteiger partial charge < -0.3 is 0 Å². The maximum Gasteiger partial charge on any atom is 0.250 e. The summed E-state index contributed by atoms with van der Waals surface area (Å²) >= 11 is 0. The fourth-order valence-electron chi connectivity index (χ4n) is 3.41. The molecule has 0 bridgehead atoms. The van der Waals surface area contributed by atoms with E-state index in [1.54, 1.807) is 0 Å². The van der Waals surface area contributed by atoms with Gasteiger partial charge in [0.2, 0.25) is 6.33 Å². The molecule has 1 aromatic heterocycles. The number of hydrogen-bond donors (Lipinski definition) is 0. The van der Waals surface area contributed by atoms with Crippen LogP contribution >= 0.6 is 0 Å². The lowest BCUT2D eigenvalue weighted by Gasteiger charge is -2.07. The number of aromatic nitrogens is 2. The molecule has 0 amide bonds. The molecule has 2 nitrogen and oxygen atoms in total. The Kier molecular flexibility index (Phi) is 4.40. The average molecular weight is 339 g/mol. The van der Waals surface area contributed by atoms with Crippen LogP contribution in [0, 0.1) is 0 Å². The fraction of sp³-hybridized carbons (Fsp3) is 0.125. The van der Waals surface area contributed by atoms with Crippen molar-refractivity contribution in [1.82, 2.24) is 4.57 Å². The Balaban J connectivity index is 2.08. The summed E-state index contributed by atoms with van der Waals surface area (Å²) in [6.07, 6.45) is 2.23. The summed E-state index contributed by atoms with van der Waals surface area (Å²) in [6, 6.07) is 32.2. The third kappa shape index (κ3) is 2.95. The van der Waals surface area contributed by atoms with E-state index in [1.165, 1.54) is 28.2 Å². The first-order valence-corrected chi connectivity index (χ1v) is 9.08. The van der Waals surface area contributed by atoms with E-state index in [-0.39, 0.29) is 0 Å². The minimum atomic E-state index is 0.359. The first-order valence-electron chi connectivity index (χ1n) is 9.08. The monoisotopic (exact) mass is 339 g/mol. The molecule has 128 valence electrons. The summed E-state index contributed by atoms with van der Waals surface area (Å²) in [5.41, 5.74) is 6.08. The fourth-order valence-corrected chi connectivity index (χ4v) is 3.41. The molecule has 0 fully saturated rings. The lowest BCUT2D eigenvalue weighted by molar-refractivity contribution is -0.705. The molecule has 4 aromatic rings. The molecule has 0 saturated heterocycles. The van der Waals surface area contributed by atoms with Gasteiger partial charge >= 0.3 is 0 Å². The Morgan fingerprint density at radius 1 is 0.654 bits per heavy atom. The van der Waals surface area contributed by atoms with Crippen LogP contribution in [0.15, 0.2) is 97.3 Å². The topological polar surface area (TPSA) is 8.81 Å². The average Bonchev–Trinajstić information content (AvgIpc) is 3.11. The second-order valence-electron chi connectivity index (χ2n) is 6.75. The predicted octanol–water partition coefficient (Wildman–Crippen LogP) is 5.68. The molecule has 26 heavy (non-hydrogen) atoms. The molecular weight excluding hydrogens is 316 g/mol. The molecule has 0 radical (unpaired) electrons. The van der Waals surface area contributed by atoms with Crippen LogP contribution in [-0.4, -0.2) is 4.57 Å². The van der Waals surface area contributed by atoms with E-state index in [0.717, 1.165) is 0 Å². The van der Waals surface area contributed by atoms with Crippen molar-refractivity contribution in [2.75, 3.05) is 0 Å². The summed E-state index contributed by atoms with van der Waals surface area (Å²) in [6.45, 7) is 4.47. The molecule has 2 heteroatoms. The van der Waals surface area contributed by atoms with E-state index in [1.807, 2.05) is 0 Å². The standard InChI is InChI=1S/C24H23N2/c1-19(2)25-18-26(22-16-10-5-11-17-22)24(21-14-8-4-9-15-21)23(25)20-12-6-3-7-13-20/h3-19H,1-2H3/q+1. The summed E-state index contributed by atoms with van der Waals surface area (Å²) in [7, 11) is 0. The van der Waals surface area contributed by atoms with Gasteiger partial charge in [0.15, 0.2) is 11.4 Å². The highest BCUT2D eigenvalue weighted by atomic mass is 15.2. The molecule has 3 aromatic carbocycles. The van der Waals surface area contributed by atoms with Crippen LogP contribution in [0.25, 0.3) is 28.2 Å². The van der Waals surface area contributed by atoms with Crippen LogP contribution in [0.2, 0.25) is 0 Å². The Labute approximate surface area is 155 Å². The summed E-state index contributed by atoms with van der Waals surface area (Å²) in [4.78, 5) is 0. The van der Waals surface area contributed by atoms with E-state index in [9.17, 15) is 0 Å². The van der Waals surface area contributed by atoms with Gasteiger partial charge in [-0.1, -0.05) is 78.9 Å². The maximum atomic E-state index is 2.37. The highest BCUT2D eigenvalue weighted by Gasteiger charge is 2.28. The van der Waals surface area contributed by atoms with Crippen LogP contribution < -0.4 is 4.57 Å². The Morgan fingerprint density at radius 2 is 1.15 bits per heavy atom. The zero-order valence-electron chi connectivity index (χ0n) is 15.2. The highest BCUT2D eigenvalue weighted by molar-refractivity contribution is 5.77. The second kappa shape index (κ2) is 7.01. The highest BCUT2D eigenvalue weighted by Crippen LogP contribution is 2.33. The molecule has 0 N–H and O–H groups in total. The largest absolute Gasteiger partial charge is 0.250 e. The van der Waals surface area contributed by atoms with Crippen molar-refractivity contribution >= 4 is 0 Å². The lowest BCUT2D eigenvalue weighted by Crippen LogP contribution is -2.36. The molecule has 0 atom stereocenters. The number of hydrogen-bond acceptors (Lipinski definition) is 0. The van der Waals surface area contributed by atoms with Gasteiger partial charge in [-0.3, -0.25) is 0 Å². The lowest BCUT2D eigenvalue weighted by atomic mass is 10.0. The predicted molar refractivity (Wildman–Crippen MR) is 107 cm³/mol. The van der Waals surface area contributed by atoms with Crippen LogP contribution in [0.4, 0.5) is 0 Å². The Morgan fingerprint density at radius 3 is 1.69 bits per heavy atom. The Hall–Kier alpha value is -3.13. The molecule has 0 aliphatic rings. The van der Waals surface area contributed by atoms with E-state index < -0.39 is 0 Å². The van der Waals surface area contributed by atoms with Gasteiger partial charge in [-0.05, 0) is 26.0 Å². The van der Waals surface area contributed by atoms with Crippen LogP contribution in [0.5, 0.6) is 0 Å². The van der Waals surface area contributed by atoms with Crippen LogP contribution in [0.3, 0.4) is 0 Å². The van der Waals surface area contributed by atoms with Crippen LogP contribution in [0.1, 0.15) is 19.9 Å². The molecular formula is C24H23N2+. The van der Waals surface area contributed by atoms with Gasteiger partial charge in [-0.25, -0.2) is 4.57 Å². The maximum absolute atomic E-state index is 2.37. The van der Waals surface area contributed by atoms with Gasteiger partial charge in [0, 0.05) is 11.1 Å². The number of benzene rings is 3. The summed E-state index contributed by atoms with van der Waals surface area (Å²) in [5.74, 6) is 0. The third-order valence-electron chi connectivity index (χ3n) is 4.65. The van der Waals surface area contributed by atoms with Crippen molar-refractivity contribution in [2.45, 2.75) is 19.9 Å². The van der Waals surface area contributed by atoms with Crippen molar-refractivity contribution < 1.29 is 4.57 Å². The number of para-hydroxylation sites is 1. The van der Waals surface area contributed by atoms with Crippen molar-refractivity contribution in [3.63, 3.8) is 0 Å². The van der Waals surface area contributed by atoms with E-state index >= 15 is 0 Å². The summed E-state index contributed by atoms with van der Waals surface area (Å²) < 4.78 is 4.67. The normalized spacial score (nSPS) is 11.0. The molecule has 0 aliphatic heterocycles. The summed E-state index contributed by atoms with van der Waals surface area (Å²) in [5, 5.41) is 0. The van der Waals surface area contributed by atoms with E-state index in [4.69, 9.17) is 0 Å². The zero-order valence-corrected chi connectivity index (χ0v) is 15.2. The third-order valence-corrected chi connectivity index (χ3v) is 4.65. The molecule has 0 spiro atoms. The first-order chi connectivity index (χ1) is 12.8. The van der Waals surface area contributed by atoms with E-state index in [2.05, 4.69) is 120 Å². The minimum absolute atomic E-state index is 0.359. The number of rotatable bonds is 4. The molecule has 0 unspecified atom stereocenters. The van der Waals surface area contributed by atoms with Crippen molar-refractivity contribution in [1.29, 1.82) is 0 Å². The van der Waals surface area contributed by atoms with E-state index in [0.29, 0.717) is 6.04 Å². The first kappa shape index (κ1) is 16.3. The van der Waals surface area contributed by atoms with Gasteiger partial charge in [0.1, 0.15) is 5.69 Å². The minimum Gasteiger partial charge on any atom is -0.227 e. The van der Waals surface area contributed by atoms with Crippen molar-refractivity contribution in [3.8, 4) is 28.2 Å². The van der Waals surface area contributed by atoms with Gasteiger partial charge in [-0.15, -0.1) is 0 Å². The van der Waals surface area contributed by atoms with Crippen molar-refractivity contribution in [2.24, 2.45) is 0 Å².